The van der Waals surface area contributed by atoms with E-state index in [9.17, 15) is 4.79 Å². The average molecular weight is 377 g/mol. The van der Waals surface area contributed by atoms with E-state index in [1.54, 1.807) is 0 Å². The summed E-state index contributed by atoms with van der Waals surface area (Å²) in [5, 5.41) is 0. The van der Waals surface area contributed by atoms with Gasteiger partial charge in [0.25, 0.3) is 0 Å². The van der Waals surface area contributed by atoms with Gasteiger partial charge in [0.05, 0.1) is 17.6 Å². The van der Waals surface area contributed by atoms with E-state index in [0.717, 1.165) is 55.1 Å². The van der Waals surface area contributed by atoms with Crippen LogP contribution in [0, 0.1) is 13.8 Å². The van der Waals surface area contributed by atoms with E-state index >= 15 is 0 Å². The smallest absolute Gasteiger partial charge is 0.229 e. The van der Waals surface area contributed by atoms with Crippen LogP contribution in [-0.2, 0) is 11.3 Å². The first kappa shape index (κ1) is 18.5. The lowest BCUT2D eigenvalue weighted by Gasteiger charge is -2.17. The predicted octanol–water partition coefficient (Wildman–Crippen LogP) is 4.64. The number of unbranched alkanes of at least 4 members (excludes halogenated alkanes) is 1. The van der Waals surface area contributed by atoms with Crippen LogP contribution in [0.5, 0.6) is 5.75 Å². The zero-order valence-corrected chi connectivity index (χ0v) is 16.6. The zero-order chi connectivity index (χ0) is 19.5. The zero-order valence-electron chi connectivity index (χ0n) is 16.6. The molecule has 4 rings (SSSR count). The van der Waals surface area contributed by atoms with Gasteiger partial charge in [0.2, 0.25) is 11.9 Å². The molecule has 0 unspecified atom stereocenters. The van der Waals surface area contributed by atoms with E-state index in [4.69, 9.17) is 9.72 Å². The van der Waals surface area contributed by atoms with Crippen molar-refractivity contribution in [2.45, 2.75) is 46.1 Å². The lowest BCUT2D eigenvalue weighted by atomic mass is 10.1. The van der Waals surface area contributed by atoms with Crippen LogP contribution >= 0.6 is 0 Å². The van der Waals surface area contributed by atoms with Crippen LogP contribution in [0.3, 0.4) is 0 Å². The van der Waals surface area contributed by atoms with Gasteiger partial charge in [0.1, 0.15) is 5.75 Å². The van der Waals surface area contributed by atoms with Gasteiger partial charge in [-0.2, -0.15) is 0 Å². The Kier molecular flexibility index (Phi) is 5.33. The molecular formula is C23H27N3O2. The monoisotopic (exact) mass is 377 g/mol. The molecule has 5 nitrogen and oxygen atoms in total. The predicted molar refractivity (Wildman–Crippen MR) is 112 cm³/mol. The van der Waals surface area contributed by atoms with Crippen molar-refractivity contribution in [3.63, 3.8) is 0 Å². The summed E-state index contributed by atoms with van der Waals surface area (Å²) in [6.07, 6.45) is 3.45. The summed E-state index contributed by atoms with van der Waals surface area (Å²) in [4.78, 5) is 18.8. The summed E-state index contributed by atoms with van der Waals surface area (Å²) >= 11 is 0. The third-order valence-corrected chi connectivity index (χ3v) is 5.47. The fourth-order valence-corrected chi connectivity index (χ4v) is 3.71. The number of para-hydroxylation sites is 2. The Labute approximate surface area is 165 Å². The molecule has 2 heterocycles. The highest BCUT2D eigenvalue weighted by Gasteiger charge is 2.26. The lowest BCUT2D eigenvalue weighted by Crippen LogP contribution is -2.27. The number of imidazole rings is 1. The van der Waals surface area contributed by atoms with Gasteiger partial charge >= 0.3 is 0 Å². The Hall–Kier alpha value is -2.82. The molecule has 0 saturated carbocycles. The molecule has 1 aliphatic heterocycles. The summed E-state index contributed by atoms with van der Waals surface area (Å²) < 4.78 is 8.10. The number of hydrogen-bond donors (Lipinski definition) is 0. The number of aromatic nitrogens is 2. The number of amides is 1. The maximum Gasteiger partial charge on any atom is 0.229 e. The van der Waals surface area contributed by atoms with Crippen molar-refractivity contribution in [3.8, 4) is 5.75 Å². The van der Waals surface area contributed by atoms with Crippen LogP contribution in [-0.4, -0.2) is 28.6 Å². The van der Waals surface area contributed by atoms with E-state index < -0.39 is 0 Å². The van der Waals surface area contributed by atoms with Gasteiger partial charge in [0, 0.05) is 19.5 Å². The lowest BCUT2D eigenvalue weighted by molar-refractivity contribution is -0.117. The van der Waals surface area contributed by atoms with Gasteiger partial charge in [-0.3, -0.25) is 9.69 Å². The molecule has 1 saturated heterocycles. The Morgan fingerprint density at radius 1 is 1.07 bits per heavy atom. The highest BCUT2D eigenvalue weighted by Crippen LogP contribution is 2.26. The second-order valence-electron chi connectivity index (χ2n) is 7.50. The number of carbonyl (C=O) groups is 1. The van der Waals surface area contributed by atoms with Crippen LogP contribution < -0.4 is 9.64 Å². The Morgan fingerprint density at radius 3 is 2.71 bits per heavy atom. The van der Waals surface area contributed by atoms with Crippen molar-refractivity contribution < 1.29 is 9.53 Å². The molecule has 0 bridgehead atoms. The maximum atomic E-state index is 12.2. The number of carbonyl (C=O) groups excluding carboxylic acids is 1. The molecule has 5 heteroatoms. The molecule has 0 aliphatic carbocycles. The standard InChI is InChI=1S/C23H27N3O2/c1-17-11-12-19(16-18(17)2)28-15-6-5-13-25-21-9-4-3-8-20(21)24-23(25)26-14-7-10-22(26)27/h3-4,8-9,11-12,16H,5-7,10,13-15H2,1-2H3. The van der Waals surface area contributed by atoms with Crippen molar-refractivity contribution >= 4 is 22.9 Å². The molecule has 3 aromatic rings. The molecule has 0 radical (unpaired) electrons. The van der Waals surface area contributed by atoms with Gasteiger partial charge in [-0.25, -0.2) is 4.98 Å². The number of nitrogens with zero attached hydrogens (tertiary/aromatic N) is 3. The highest BCUT2D eigenvalue weighted by molar-refractivity contribution is 5.95. The molecule has 28 heavy (non-hydrogen) atoms. The molecule has 0 spiro atoms. The number of anilines is 1. The van der Waals surface area contributed by atoms with Gasteiger partial charge in [0.15, 0.2) is 0 Å². The molecule has 146 valence electrons. The maximum absolute atomic E-state index is 12.2. The number of benzene rings is 2. The van der Waals surface area contributed by atoms with Gasteiger partial charge in [-0.05, 0) is 68.5 Å². The van der Waals surface area contributed by atoms with Crippen molar-refractivity contribution in [2.75, 3.05) is 18.1 Å². The van der Waals surface area contributed by atoms with Gasteiger partial charge < -0.3 is 9.30 Å². The van der Waals surface area contributed by atoms with E-state index in [-0.39, 0.29) is 5.91 Å². The highest BCUT2D eigenvalue weighted by atomic mass is 16.5. The quantitative estimate of drug-likeness (QED) is 0.564. The number of ether oxygens (including phenoxy) is 1. The van der Waals surface area contributed by atoms with Crippen LogP contribution in [0.15, 0.2) is 42.5 Å². The van der Waals surface area contributed by atoms with E-state index in [2.05, 4.69) is 36.6 Å². The average Bonchev–Trinajstić information content (AvgIpc) is 3.27. The molecule has 2 aromatic carbocycles. The number of hydrogen-bond acceptors (Lipinski definition) is 3. The summed E-state index contributed by atoms with van der Waals surface area (Å²) in [7, 11) is 0. The summed E-state index contributed by atoms with van der Waals surface area (Å²) in [6, 6.07) is 14.3. The fraction of sp³-hybridized carbons (Fsp3) is 0.391. The minimum absolute atomic E-state index is 0.176. The fourth-order valence-electron chi connectivity index (χ4n) is 3.71. The number of fused-ring (bicyclic) bond motifs is 1. The molecule has 1 aliphatic rings. The second-order valence-corrected chi connectivity index (χ2v) is 7.50. The first-order valence-corrected chi connectivity index (χ1v) is 10.1. The Bertz CT molecular complexity index is 993. The Morgan fingerprint density at radius 2 is 1.93 bits per heavy atom. The third-order valence-electron chi connectivity index (χ3n) is 5.47. The van der Waals surface area contributed by atoms with Gasteiger partial charge in [-0.1, -0.05) is 18.2 Å². The Balaban J connectivity index is 1.41. The summed E-state index contributed by atoms with van der Waals surface area (Å²) in [5.41, 5.74) is 4.57. The van der Waals surface area contributed by atoms with Crippen molar-refractivity contribution in [2.24, 2.45) is 0 Å². The molecular weight excluding hydrogens is 350 g/mol. The SMILES string of the molecule is Cc1ccc(OCCCCn2c(N3CCCC3=O)nc3ccccc32)cc1C. The van der Waals surface area contributed by atoms with Crippen molar-refractivity contribution in [1.29, 1.82) is 0 Å². The largest absolute Gasteiger partial charge is 0.494 e. The van der Waals surface area contributed by atoms with Crippen LogP contribution in [0.4, 0.5) is 5.95 Å². The van der Waals surface area contributed by atoms with Gasteiger partial charge in [-0.15, -0.1) is 0 Å². The molecule has 0 atom stereocenters. The van der Waals surface area contributed by atoms with E-state index in [1.165, 1.54) is 11.1 Å². The minimum atomic E-state index is 0.176. The summed E-state index contributed by atoms with van der Waals surface area (Å²) in [5.74, 6) is 1.90. The first-order valence-electron chi connectivity index (χ1n) is 10.1. The third kappa shape index (κ3) is 3.75. The molecule has 1 amide bonds. The molecule has 1 aromatic heterocycles. The normalized spacial score (nSPS) is 14.2. The van der Waals surface area contributed by atoms with E-state index in [1.807, 2.05) is 29.2 Å². The van der Waals surface area contributed by atoms with Crippen molar-refractivity contribution in [3.05, 3.63) is 53.6 Å². The van der Waals surface area contributed by atoms with Crippen molar-refractivity contribution in [1.82, 2.24) is 9.55 Å². The topological polar surface area (TPSA) is 47.4 Å². The number of rotatable bonds is 7. The molecule has 1 fully saturated rings. The molecule has 0 N–H and O–H groups in total. The summed E-state index contributed by atoms with van der Waals surface area (Å²) in [6.45, 7) is 6.49. The van der Waals surface area contributed by atoms with E-state index in [0.29, 0.717) is 13.0 Å². The van der Waals surface area contributed by atoms with Crippen LogP contribution in [0.25, 0.3) is 11.0 Å². The minimum Gasteiger partial charge on any atom is -0.494 e. The second kappa shape index (κ2) is 8.05. The van der Waals surface area contributed by atoms with Crippen LogP contribution in [0.1, 0.15) is 36.8 Å². The first-order chi connectivity index (χ1) is 13.6. The number of aryl methyl sites for hydroxylation is 3. The van der Waals surface area contributed by atoms with Crippen LogP contribution in [0.2, 0.25) is 0 Å².